The van der Waals surface area contributed by atoms with Crippen LogP contribution in [-0.4, -0.2) is 36.2 Å². The van der Waals surface area contributed by atoms with Crippen LogP contribution in [0.25, 0.3) is 0 Å². The molecule has 1 heterocycles. The molecule has 4 heteroatoms. The fraction of sp³-hybridized carbons (Fsp3) is 0.917. The summed E-state index contributed by atoms with van der Waals surface area (Å²) in [7, 11) is 0. The summed E-state index contributed by atoms with van der Waals surface area (Å²) >= 11 is 0. The van der Waals surface area contributed by atoms with Gasteiger partial charge in [-0.2, -0.15) is 0 Å². The molecular weight excluding hydrogens is 204 g/mol. The lowest BCUT2D eigenvalue weighted by Crippen LogP contribution is -2.52. The van der Waals surface area contributed by atoms with E-state index in [2.05, 4.69) is 10.6 Å². The van der Waals surface area contributed by atoms with Crippen LogP contribution >= 0.6 is 0 Å². The van der Waals surface area contributed by atoms with Crippen LogP contribution in [-0.2, 0) is 9.53 Å². The van der Waals surface area contributed by atoms with Crippen molar-refractivity contribution in [2.24, 2.45) is 0 Å². The van der Waals surface area contributed by atoms with Crippen molar-refractivity contribution in [3.05, 3.63) is 0 Å². The quantitative estimate of drug-likeness (QED) is 0.759. The molecular formula is C12H24N2O2. The van der Waals surface area contributed by atoms with E-state index in [1.807, 2.05) is 34.6 Å². The molecule has 0 aromatic heterocycles. The van der Waals surface area contributed by atoms with Gasteiger partial charge >= 0.3 is 0 Å². The maximum atomic E-state index is 11.8. The maximum absolute atomic E-state index is 11.8. The standard InChI is InChI=1S/C12H24N2O2/c1-8(11(15)14-12(3,4)5)13-10-6-7-16-9(10)2/h8-10,13H,6-7H2,1-5H3,(H,14,15). The first-order valence-electron chi connectivity index (χ1n) is 5.99. The van der Waals surface area contributed by atoms with Crippen LogP contribution in [0.5, 0.6) is 0 Å². The maximum Gasteiger partial charge on any atom is 0.237 e. The second-order valence-corrected chi connectivity index (χ2v) is 5.60. The molecule has 94 valence electrons. The lowest BCUT2D eigenvalue weighted by atomic mass is 10.1. The fourth-order valence-electron chi connectivity index (χ4n) is 1.83. The lowest BCUT2D eigenvalue weighted by Gasteiger charge is -2.26. The molecule has 3 unspecified atom stereocenters. The smallest absolute Gasteiger partial charge is 0.237 e. The number of carbonyl (C=O) groups excluding carboxylic acids is 1. The van der Waals surface area contributed by atoms with Crippen LogP contribution in [0, 0.1) is 0 Å². The van der Waals surface area contributed by atoms with Gasteiger partial charge in [-0.25, -0.2) is 0 Å². The minimum Gasteiger partial charge on any atom is -0.377 e. The highest BCUT2D eigenvalue weighted by Crippen LogP contribution is 2.13. The number of hydrogen-bond donors (Lipinski definition) is 2. The van der Waals surface area contributed by atoms with Crippen LogP contribution in [0.4, 0.5) is 0 Å². The number of hydrogen-bond acceptors (Lipinski definition) is 3. The minimum atomic E-state index is -0.176. The van der Waals surface area contributed by atoms with Crippen molar-refractivity contribution in [1.29, 1.82) is 0 Å². The van der Waals surface area contributed by atoms with Crippen molar-refractivity contribution in [1.82, 2.24) is 10.6 Å². The Bertz CT molecular complexity index is 248. The predicted molar refractivity (Wildman–Crippen MR) is 64.3 cm³/mol. The molecule has 0 aliphatic carbocycles. The SMILES string of the molecule is CC(NC1CCOC1C)C(=O)NC(C)(C)C. The summed E-state index contributed by atoms with van der Waals surface area (Å²) in [6, 6.07) is 0.120. The van der Waals surface area contributed by atoms with E-state index in [-0.39, 0.29) is 23.6 Å². The highest BCUT2D eigenvalue weighted by atomic mass is 16.5. The molecule has 0 bridgehead atoms. The van der Waals surface area contributed by atoms with Gasteiger partial charge in [0, 0.05) is 18.2 Å². The van der Waals surface area contributed by atoms with E-state index in [4.69, 9.17) is 4.74 Å². The van der Waals surface area contributed by atoms with E-state index >= 15 is 0 Å². The zero-order chi connectivity index (χ0) is 12.3. The Hall–Kier alpha value is -0.610. The molecule has 0 radical (unpaired) electrons. The average Bonchev–Trinajstić information content (AvgIpc) is 2.49. The van der Waals surface area contributed by atoms with E-state index in [0.717, 1.165) is 13.0 Å². The van der Waals surface area contributed by atoms with Gasteiger partial charge in [-0.05, 0) is 41.0 Å². The first-order chi connectivity index (χ1) is 7.29. The third kappa shape index (κ3) is 4.10. The first kappa shape index (κ1) is 13.5. The topological polar surface area (TPSA) is 50.4 Å². The normalized spacial score (nSPS) is 27.8. The Morgan fingerprint density at radius 1 is 1.44 bits per heavy atom. The molecule has 2 N–H and O–H groups in total. The van der Waals surface area contributed by atoms with Gasteiger partial charge in [-0.1, -0.05) is 0 Å². The fourth-order valence-corrected chi connectivity index (χ4v) is 1.83. The Morgan fingerprint density at radius 3 is 2.50 bits per heavy atom. The summed E-state index contributed by atoms with van der Waals surface area (Å²) in [5.74, 6) is 0.0478. The highest BCUT2D eigenvalue weighted by Gasteiger charge is 2.28. The Morgan fingerprint density at radius 2 is 2.06 bits per heavy atom. The third-order valence-corrected chi connectivity index (χ3v) is 2.73. The van der Waals surface area contributed by atoms with Crippen molar-refractivity contribution in [2.45, 2.75) is 64.8 Å². The number of ether oxygens (including phenoxy) is 1. The summed E-state index contributed by atoms with van der Waals surface area (Å²) in [4.78, 5) is 11.8. The number of carbonyl (C=O) groups is 1. The second-order valence-electron chi connectivity index (χ2n) is 5.60. The first-order valence-corrected chi connectivity index (χ1v) is 5.99. The molecule has 0 saturated carbocycles. The predicted octanol–water partition coefficient (Wildman–Crippen LogP) is 1.06. The third-order valence-electron chi connectivity index (χ3n) is 2.73. The number of rotatable bonds is 3. The van der Waals surface area contributed by atoms with Gasteiger partial charge in [-0.3, -0.25) is 4.79 Å². The molecule has 1 amide bonds. The van der Waals surface area contributed by atoms with E-state index in [1.165, 1.54) is 0 Å². The van der Waals surface area contributed by atoms with Crippen LogP contribution in [0.3, 0.4) is 0 Å². The highest BCUT2D eigenvalue weighted by molar-refractivity contribution is 5.81. The minimum absolute atomic E-state index is 0.0478. The van der Waals surface area contributed by atoms with E-state index < -0.39 is 0 Å². The Labute approximate surface area is 98.1 Å². The molecule has 1 rings (SSSR count). The molecule has 1 fully saturated rings. The summed E-state index contributed by atoms with van der Waals surface area (Å²) < 4.78 is 5.45. The molecule has 4 nitrogen and oxygen atoms in total. The summed E-state index contributed by atoms with van der Waals surface area (Å²) in [6.07, 6.45) is 1.18. The molecule has 0 aromatic carbocycles. The van der Waals surface area contributed by atoms with Crippen molar-refractivity contribution in [3.8, 4) is 0 Å². The average molecular weight is 228 g/mol. The van der Waals surface area contributed by atoms with Crippen molar-refractivity contribution < 1.29 is 9.53 Å². The number of nitrogens with one attached hydrogen (secondary N) is 2. The van der Waals surface area contributed by atoms with Gasteiger partial charge in [0.25, 0.3) is 0 Å². The summed E-state index contributed by atoms with van der Waals surface area (Å²) in [6.45, 7) is 10.7. The Kier molecular flexibility index (Phi) is 4.33. The van der Waals surface area contributed by atoms with Crippen LogP contribution in [0.2, 0.25) is 0 Å². The van der Waals surface area contributed by atoms with Crippen molar-refractivity contribution in [2.75, 3.05) is 6.61 Å². The lowest BCUT2D eigenvalue weighted by molar-refractivity contribution is -0.124. The van der Waals surface area contributed by atoms with Crippen LogP contribution in [0.15, 0.2) is 0 Å². The molecule has 0 spiro atoms. The molecule has 16 heavy (non-hydrogen) atoms. The molecule has 1 saturated heterocycles. The van der Waals surface area contributed by atoms with Gasteiger partial charge in [-0.15, -0.1) is 0 Å². The molecule has 3 atom stereocenters. The molecule has 1 aliphatic rings. The molecule has 1 aliphatic heterocycles. The van der Waals surface area contributed by atoms with Gasteiger partial charge in [0.05, 0.1) is 12.1 Å². The number of amides is 1. The summed E-state index contributed by atoms with van der Waals surface area (Å²) in [5, 5.41) is 6.28. The Balaban J connectivity index is 2.39. The summed E-state index contributed by atoms with van der Waals surface area (Å²) in [5.41, 5.74) is -0.176. The molecule has 0 aromatic rings. The van der Waals surface area contributed by atoms with Gasteiger partial charge in [0.1, 0.15) is 0 Å². The van der Waals surface area contributed by atoms with Gasteiger partial charge in [0.15, 0.2) is 0 Å². The monoisotopic (exact) mass is 228 g/mol. The van der Waals surface area contributed by atoms with Crippen LogP contribution < -0.4 is 10.6 Å². The largest absolute Gasteiger partial charge is 0.377 e. The zero-order valence-corrected chi connectivity index (χ0v) is 11.0. The van der Waals surface area contributed by atoms with E-state index in [0.29, 0.717) is 6.04 Å². The van der Waals surface area contributed by atoms with E-state index in [9.17, 15) is 4.79 Å². The van der Waals surface area contributed by atoms with Gasteiger partial charge in [0.2, 0.25) is 5.91 Å². The zero-order valence-electron chi connectivity index (χ0n) is 11.0. The van der Waals surface area contributed by atoms with Crippen molar-refractivity contribution in [3.63, 3.8) is 0 Å². The van der Waals surface area contributed by atoms with Crippen LogP contribution in [0.1, 0.15) is 41.0 Å². The second kappa shape index (κ2) is 5.15. The van der Waals surface area contributed by atoms with Gasteiger partial charge < -0.3 is 15.4 Å². The van der Waals surface area contributed by atoms with Crippen molar-refractivity contribution >= 4 is 5.91 Å². The van der Waals surface area contributed by atoms with E-state index in [1.54, 1.807) is 0 Å².